The Balaban J connectivity index is 3.08. The van der Waals surface area contributed by atoms with Gasteiger partial charge in [0.25, 0.3) is 5.91 Å². The van der Waals surface area contributed by atoms with Crippen molar-refractivity contribution >= 4 is 27.5 Å². The summed E-state index contributed by atoms with van der Waals surface area (Å²) < 4.78 is 38.9. The zero-order valence-electron chi connectivity index (χ0n) is 8.81. The Labute approximate surface area is 104 Å². The first-order valence-corrected chi connectivity index (χ1v) is 5.36. The van der Waals surface area contributed by atoms with Crippen molar-refractivity contribution in [3.05, 3.63) is 28.7 Å². The normalized spacial score (nSPS) is 15.1. The second-order valence-electron chi connectivity index (χ2n) is 3.62. The highest BCUT2D eigenvalue weighted by molar-refractivity contribution is 9.10. The zero-order chi connectivity index (χ0) is 13.3. The van der Waals surface area contributed by atoms with Crippen molar-refractivity contribution in [3.63, 3.8) is 0 Å². The smallest absolute Gasteiger partial charge is 0.367 e. The third-order valence-electron chi connectivity index (χ3n) is 2.28. The average Bonchev–Trinajstić information content (AvgIpc) is 2.15. The van der Waals surface area contributed by atoms with Gasteiger partial charge in [-0.2, -0.15) is 13.2 Å². The summed E-state index contributed by atoms with van der Waals surface area (Å²) in [5, 5.41) is 2.11. The number of hydrogen-bond donors (Lipinski definition) is 2. The second kappa shape index (κ2) is 4.56. The van der Waals surface area contributed by atoms with Crippen molar-refractivity contribution in [2.75, 3.05) is 5.32 Å². The van der Waals surface area contributed by atoms with E-state index in [4.69, 9.17) is 5.73 Å². The molecule has 1 aromatic rings. The van der Waals surface area contributed by atoms with Crippen LogP contribution in [0.4, 0.5) is 18.9 Å². The molecule has 1 amide bonds. The van der Waals surface area contributed by atoms with Crippen LogP contribution in [0.25, 0.3) is 0 Å². The van der Waals surface area contributed by atoms with Gasteiger partial charge in [0.2, 0.25) is 5.54 Å². The molecule has 0 saturated heterocycles. The van der Waals surface area contributed by atoms with Crippen molar-refractivity contribution in [3.8, 4) is 0 Å². The molecule has 1 atom stereocenters. The number of anilines is 1. The van der Waals surface area contributed by atoms with Crippen LogP contribution >= 0.6 is 15.9 Å². The molecule has 0 aliphatic rings. The summed E-state index contributed by atoms with van der Waals surface area (Å²) in [6, 6.07) is 6.04. The van der Waals surface area contributed by atoms with Gasteiger partial charge in [-0.25, -0.2) is 0 Å². The lowest BCUT2D eigenvalue weighted by Gasteiger charge is -2.30. The minimum absolute atomic E-state index is 0.151. The van der Waals surface area contributed by atoms with Crippen LogP contribution in [0.5, 0.6) is 0 Å². The summed E-state index contributed by atoms with van der Waals surface area (Å²) in [7, 11) is 0. The molecule has 3 nitrogen and oxygen atoms in total. The Bertz CT molecular complexity index is 436. The lowest BCUT2D eigenvalue weighted by Crippen LogP contribution is -2.58. The fourth-order valence-corrected chi connectivity index (χ4v) is 1.53. The van der Waals surface area contributed by atoms with E-state index in [-0.39, 0.29) is 5.69 Å². The molecule has 17 heavy (non-hydrogen) atoms. The minimum Gasteiger partial charge on any atom is -0.367 e. The summed E-state index contributed by atoms with van der Waals surface area (Å²) in [5.74, 6) is -1.48. The molecule has 0 heterocycles. The van der Waals surface area contributed by atoms with E-state index in [1.807, 2.05) is 0 Å². The van der Waals surface area contributed by atoms with Crippen molar-refractivity contribution in [2.45, 2.75) is 18.6 Å². The maximum atomic E-state index is 12.8. The first-order valence-electron chi connectivity index (χ1n) is 4.57. The van der Waals surface area contributed by atoms with E-state index in [2.05, 4.69) is 21.2 Å². The number of benzene rings is 1. The molecule has 0 aliphatic carbocycles. The van der Waals surface area contributed by atoms with Crippen LogP contribution in [0.15, 0.2) is 28.7 Å². The van der Waals surface area contributed by atoms with Crippen LogP contribution in [0.3, 0.4) is 0 Å². The fourth-order valence-electron chi connectivity index (χ4n) is 1.13. The number of carbonyl (C=O) groups is 1. The Morgan fingerprint density at radius 1 is 1.41 bits per heavy atom. The third-order valence-corrected chi connectivity index (χ3v) is 2.77. The van der Waals surface area contributed by atoms with Crippen LogP contribution in [-0.4, -0.2) is 17.6 Å². The topological polar surface area (TPSA) is 55.1 Å². The summed E-state index contributed by atoms with van der Waals surface area (Å²) in [5.41, 5.74) is 2.16. The molecule has 0 aliphatic heterocycles. The van der Waals surface area contributed by atoms with Crippen LogP contribution in [0.2, 0.25) is 0 Å². The first-order chi connectivity index (χ1) is 7.67. The van der Waals surface area contributed by atoms with Gasteiger partial charge in [-0.05, 0) is 25.1 Å². The summed E-state index contributed by atoms with van der Waals surface area (Å²) >= 11 is 3.12. The van der Waals surface area contributed by atoms with E-state index in [0.717, 1.165) is 0 Å². The number of hydrogen-bond acceptors (Lipinski definition) is 2. The lowest BCUT2D eigenvalue weighted by atomic mass is 10.0. The standard InChI is InChI=1S/C10H10BrF3N2O/c1-9(8(15)17,10(12,13)14)16-7-4-2-3-6(11)5-7/h2-5,16H,1H3,(H2,15,17). The quantitative estimate of drug-likeness (QED) is 0.902. The second-order valence-corrected chi connectivity index (χ2v) is 4.54. The van der Waals surface area contributed by atoms with Gasteiger partial charge in [0.05, 0.1) is 0 Å². The minimum atomic E-state index is -4.78. The van der Waals surface area contributed by atoms with E-state index in [1.165, 1.54) is 12.1 Å². The van der Waals surface area contributed by atoms with Gasteiger partial charge >= 0.3 is 6.18 Å². The Morgan fingerprint density at radius 2 is 2.00 bits per heavy atom. The molecular weight excluding hydrogens is 301 g/mol. The Kier molecular flexibility index (Phi) is 3.71. The fraction of sp³-hybridized carbons (Fsp3) is 0.300. The van der Waals surface area contributed by atoms with Crippen molar-refractivity contribution in [2.24, 2.45) is 5.73 Å². The highest BCUT2D eigenvalue weighted by Gasteiger charge is 2.56. The molecule has 7 heteroatoms. The van der Waals surface area contributed by atoms with E-state index >= 15 is 0 Å². The molecule has 1 unspecified atom stereocenters. The molecule has 0 bridgehead atoms. The molecule has 0 fully saturated rings. The molecule has 0 radical (unpaired) electrons. The van der Waals surface area contributed by atoms with E-state index in [1.54, 1.807) is 12.1 Å². The molecular formula is C10H10BrF3N2O. The Hall–Kier alpha value is -1.24. The lowest BCUT2D eigenvalue weighted by molar-refractivity contribution is -0.180. The van der Waals surface area contributed by atoms with Gasteiger partial charge in [0, 0.05) is 10.2 Å². The van der Waals surface area contributed by atoms with Crippen molar-refractivity contribution < 1.29 is 18.0 Å². The van der Waals surface area contributed by atoms with Crippen LogP contribution in [0.1, 0.15) is 6.92 Å². The van der Waals surface area contributed by atoms with Crippen molar-refractivity contribution in [1.82, 2.24) is 0 Å². The van der Waals surface area contributed by atoms with E-state index in [0.29, 0.717) is 11.4 Å². The molecule has 3 N–H and O–H groups in total. The van der Waals surface area contributed by atoms with Gasteiger partial charge in [0.1, 0.15) is 0 Å². The van der Waals surface area contributed by atoms with Gasteiger partial charge < -0.3 is 11.1 Å². The largest absolute Gasteiger partial charge is 0.420 e. The number of alkyl halides is 3. The molecule has 1 rings (SSSR count). The SMILES string of the molecule is CC(Nc1cccc(Br)c1)(C(N)=O)C(F)(F)F. The first kappa shape index (κ1) is 13.8. The van der Waals surface area contributed by atoms with Crippen LogP contribution < -0.4 is 11.1 Å². The molecule has 0 aromatic heterocycles. The Morgan fingerprint density at radius 3 is 2.41 bits per heavy atom. The van der Waals surface area contributed by atoms with Gasteiger partial charge in [0.15, 0.2) is 0 Å². The van der Waals surface area contributed by atoms with Crippen LogP contribution in [0, 0.1) is 0 Å². The molecule has 0 spiro atoms. The number of primary amides is 1. The zero-order valence-corrected chi connectivity index (χ0v) is 10.4. The summed E-state index contributed by atoms with van der Waals surface area (Å²) in [6.07, 6.45) is -4.78. The number of amides is 1. The average molecular weight is 311 g/mol. The van der Waals surface area contributed by atoms with Crippen LogP contribution in [-0.2, 0) is 4.79 Å². The number of rotatable bonds is 3. The predicted molar refractivity (Wildman–Crippen MR) is 61.4 cm³/mol. The maximum Gasteiger partial charge on any atom is 0.420 e. The van der Waals surface area contributed by atoms with Gasteiger partial charge in [-0.1, -0.05) is 22.0 Å². The third kappa shape index (κ3) is 2.91. The highest BCUT2D eigenvalue weighted by atomic mass is 79.9. The number of carbonyl (C=O) groups excluding carboxylic acids is 1. The molecule has 0 saturated carbocycles. The van der Waals surface area contributed by atoms with E-state index in [9.17, 15) is 18.0 Å². The van der Waals surface area contributed by atoms with Gasteiger partial charge in [-0.3, -0.25) is 4.79 Å². The predicted octanol–water partition coefficient (Wildman–Crippen LogP) is 2.67. The monoisotopic (exact) mass is 310 g/mol. The number of nitrogens with two attached hydrogens (primary N) is 1. The van der Waals surface area contributed by atoms with Crippen molar-refractivity contribution in [1.29, 1.82) is 0 Å². The molecule has 94 valence electrons. The van der Waals surface area contributed by atoms with Gasteiger partial charge in [-0.15, -0.1) is 0 Å². The number of halogens is 4. The summed E-state index contributed by atoms with van der Waals surface area (Å²) in [6.45, 7) is 0.705. The number of nitrogens with one attached hydrogen (secondary N) is 1. The maximum absolute atomic E-state index is 12.8. The molecule has 1 aromatic carbocycles. The van der Waals surface area contributed by atoms with E-state index < -0.39 is 17.6 Å². The summed E-state index contributed by atoms with van der Waals surface area (Å²) in [4.78, 5) is 11.0. The highest BCUT2D eigenvalue weighted by Crippen LogP contribution is 2.33.